The second kappa shape index (κ2) is 15.9. The van der Waals surface area contributed by atoms with Gasteiger partial charge in [-0.3, -0.25) is 0 Å². The van der Waals surface area contributed by atoms with Crippen molar-refractivity contribution in [1.29, 1.82) is 0 Å². The van der Waals surface area contributed by atoms with E-state index in [2.05, 4.69) is 13.8 Å². The van der Waals surface area contributed by atoms with E-state index in [1.54, 1.807) is 14.2 Å². The van der Waals surface area contributed by atoms with Crippen molar-refractivity contribution in [3.63, 3.8) is 0 Å². The highest BCUT2D eigenvalue weighted by atomic mass is 16.5. The zero-order valence-corrected chi connectivity index (χ0v) is 14.2. The van der Waals surface area contributed by atoms with Crippen LogP contribution in [0.5, 0.6) is 0 Å². The van der Waals surface area contributed by atoms with Crippen molar-refractivity contribution < 1.29 is 14.2 Å². The van der Waals surface area contributed by atoms with Crippen LogP contribution in [0.15, 0.2) is 0 Å². The van der Waals surface area contributed by atoms with E-state index in [0.717, 1.165) is 19.1 Å². The molecule has 0 atom stereocenters. The van der Waals surface area contributed by atoms with E-state index in [4.69, 9.17) is 14.2 Å². The van der Waals surface area contributed by atoms with Crippen LogP contribution in [-0.2, 0) is 14.2 Å². The molecular weight excluding hydrogens is 240 g/mol. The molecule has 0 heterocycles. The van der Waals surface area contributed by atoms with Crippen LogP contribution in [0, 0.1) is 11.8 Å². The SMILES string of the molecule is CC.COC1CCC(C)CC1.COCC(C)COC. The summed E-state index contributed by atoms with van der Waals surface area (Å²) in [4.78, 5) is 0. The van der Waals surface area contributed by atoms with Crippen molar-refractivity contribution in [3.05, 3.63) is 0 Å². The third-order valence-corrected chi connectivity index (χ3v) is 3.20. The Bertz CT molecular complexity index is 148. The predicted octanol–water partition coefficient (Wildman–Crippen LogP) is 4.15. The first-order valence-electron chi connectivity index (χ1n) is 7.64. The molecule has 0 saturated heterocycles. The molecule has 0 aromatic rings. The average Bonchev–Trinajstić information content (AvgIpc) is 2.43. The monoisotopic (exact) mass is 276 g/mol. The average molecular weight is 276 g/mol. The predicted molar refractivity (Wildman–Crippen MR) is 82.7 cm³/mol. The molecule has 0 aromatic heterocycles. The Morgan fingerprint density at radius 3 is 1.63 bits per heavy atom. The van der Waals surface area contributed by atoms with Gasteiger partial charge in [-0.15, -0.1) is 0 Å². The molecule has 1 aliphatic rings. The van der Waals surface area contributed by atoms with Crippen molar-refractivity contribution in [2.45, 2.75) is 59.5 Å². The number of hydrogen-bond donors (Lipinski definition) is 0. The molecule has 1 aliphatic carbocycles. The number of rotatable bonds is 5. The molecule has 0 radical (unpaired) electrons. The van der Waals surface area contributed by atoms with Gasteiger partial charge in [0.05, 0.1) is 19.3 Å². The summed E-state index contributed by atoms with van der Waals surface area (Å²) in [5.74, 6) is 1.46. The van der Waals surface area contributed by atoms with E-state index in [1.807, 2.05) is 21.0 Å². The van der Waals surface area contributed by atoms with Crippen molar-refractivity contribution >= 4 is 0 Å². The van der Waals surface area contributed by atoms with Crippen molar-refractivity contribution in [2.24, 2.45) is 11.8 Å². The Balaban J connectivity index is 0. The smallest absolute Gasteiger partial charge is 0.0571 e. The minimum atomic E-state index is 0.519. The zero-order chi connectivity index (χ0) is 15.1. The summed E-state index contributed by atoms with van der Waals surface area (Å²) < 4.78 is 15.0. The summed E-state index contributed by atoms with van der Waals surface area (Å²) in [6.07, 6.45) is 5.84. The highest BCUT2D eigenvalue weighted by molar-refractivity contribution is 4.68. The fraction of sp³-hybridized carbons (Fsp3) is 1.00. The summed E-state index contributed by atoms with van der Waals surface area (Å²) in [5, 5.41) is 0. The van der Waals surface area contributed by atoms with Crippen LogP contribution < -0.4 is 0 Å². The lowest BCUT2D eigenvalue weighted by molar-refractivity contribution is 0.0593. The molecule has 0 N–H and O–H groups in total. The minimum absolute atomic E-state index is 0.519. The second-order valence-corrected chi connectivity index (χ2v) is 5.13. The Kier molecular flexibility index (Phi) is 17.8. The molecule has 0 bridgehead atoms. The maximum atomic E-state index is 5.24. The van der Waals surface area contributed by atoms with E-state index >= 15 is 0 Å². The van der Waals surface area contributed by atoms with E-state index in [0.29, 0.717) is 12.0 Å². The lowest BCUT2D eigenvalue weighted by Gasteiger charge is -2.24. The van der Waals surface area contributed by atoms with Crippen LogP contribution in [0.3, 0.4) is 0 Å². The Hall–Kier alpha value is -0.120. The molecule has 0 aromatic carbocycles. The van der Waals surface area contributed by atoms with Crippen LogP contribution in [0.4, 0.5) is 0 Å². The van der Waals surface area contributed by atoms with E-state index in [1.165, 1.54) is 25.7 Å². The van der Waals surface area contributed by atoms with Gasteiger partial charge in [0.15, 0.2) is 0 Å². The molecule has 1 saturated carbocycles. The first-order chi connectivity index (χ1) is 9.13. The van der Waals surface area contributed by atoms with Crippen LogP contribution in [0.2, 0.25) is 0 Å². The topological polar surface area (TPSA) is 27.7 Å². The fourth-order valence-corrected chi connectivity index (χ4v) is 2.08. The Labute approximate surface area is 121 Å². The highest BCUT2D eigenvalue weighted by Gasteiger charge is 2.16. The zero-order valence-electron chi connectivity index (χ0n) is 14.2. The van der Waals surface area contributed by atoms with Gasteiger partial charge in [0.25, 0.3) is 0 Å². The molecule has 1 fully saturated rings. The molecule has 0 amide bonds. The van der Waals surface area contributed by atoms with Gasteiger partial charge >= 0.3 is 0 Å². The molecule has 118 valence electrons. The van der Waals surface area contributed by atoms with Gasteiger partial charge in [0.2, 0.25) is 0 Å². The van der Waals surface area contributed by atoms with Gasteiger partial charge in [-0.1, -0.05) is 27.7 Å². The molecule has 3 heteroatoms. The first-order valence-corrected chi connectivity index (χ1v) is 7.64. The van der Waals surface area contributed by atoms with Crippen molar-refractivity contribution in [2.75, 3.05) is 34.5 Å². The molecule has 1 rings (SSSR count). The van der Waals surface area contributed by atoms with Crippen molar-refractivity contribution in [1.82, 2.24) is 0 Å². The quantitative estimate of drug-likeness (QED) is 0.755. The number of ether oxygens (including phenoxy) is 3. The normalized spacial score (nSPS) is 22.1. The van der Waals surface area contributed by atoms with E-state index in [9.17, 15) is 0 Å². The van der Waals surface area contributed by atoms with Gasteiger partial charge in [0, 0.05) is 27.2 Å². The molecule has 0 spiro atoms. The Morgan fingerprint density at radius 1 is 0.895 bits per heavy atom. The van der Waals surface area contributed by atoms with Crippen LogP contribution in [0.1, 0.15) is 53.4 Å². The summed E-state index contributed by atoms with van der Waals surface area (Å²) in [6, 6.07) is 0. The third kappa shape index (κ3) is 14.1. The van der Waals surface area contributed by atoms with Crippen LogP contribution >= 0.6 is 0 Å². The number of hydrogen-bond acceptors (Lipinski definition) is 3. The van der Waals surface area contributed by atoms with Crippen LogP contribution in [0.25, 0.3) is 0 Å². The molecular formula is C16H36O3. The molecule has 3 nitrogen and oxygen atoms in total. The summed E-state index contributed by atoms with van der Waals surface area (Å²) >= 11 is 0. The van der Waals surface area contributed by atoms with Gasteiger partial charge < -0.3 is 14.2 Å². The van der Waals surface area contributed by atoms with Crippen molar-refractivity contribution in [3.8, 4) is 0 Å². The first kappa shape index (κ1) is 21.2. The standard InChI is InChI=1S/C8H16O.C6H14O2.C2H6/c1-7-3-5-8(9-2)6-4-7;1-6(4-7-2)5-8-3;1-2/h7-8H,3-6H2,1-2H3;6H,4-5H2,1-3H3;1-2H3. The molecule has 0 unspecified atom stereocenters. The molecule has 0 aliphatic heterocycles. The van der Waals surface area contributed by atoms with Gasteiger partial charge in [-0.2, -0.15) is 0 Å². The maximum absolute atomic E-state index is 5.24. The summed E-state index contributed by atoms with van der Waals surface area (Å²) in [5.41, 5.74) is 0. The summed E-state index contributed by atoms with van der Waals surface area (Å²) in [6.45, 7) is 9.99. The van der Waals surface area contributed by atoms with Gasteiger partial charge in [0.1, 0.15) is 0 Å². The minimum Gasteiger partial charge on any atom is -0.384 e. The van der Waals surface area contributed by atoms with E-state index in [-0.39, 0.29) is 0 Å². The Morgan fingerprint density at radius 2 is 1.32 bits per heavy atom. The highest BCUT2D eigenvalue weighted by Crippen LogP contribution is 2.24. The number of methoxy groups -OCH3 is 3. The lowest BCUT2D eigenvalue weighted by Crippen LogP contribution is -2.18. The fourth-order valence-electron chi connectivity index (χ4n) is 2.08. The molecule has 19 heavy (non-hydrogen) atoms. The van der Waals surface area contributed by atoms with Gasteiger partial charge in [-0.25, -0.2) is 0 Å². The summed E-state index contributed by atoms with van der Waals surface area (Å²) in [7, 11) is 5.22. The largest absolute Gasteiger partial charge is 0.384 e. The van der Waals surface area contributed by atoms with Gasteiger partial charge in [-0.05, 0) is 31.6 Å². The van der Waals surface area contributed by atoms with E-state index < -0.39 is 0 Å². The second-order valence-electron chi connectivity index (χ2n) is 5.13. The third-order valence-electron chi connectivity index (χ3n) is 3.20. The lowest BCUT2D eigenvalue weighted by atomic mass is 9.89. The maximum Gasteiger partial charge on any atom is 0.0571 e. The van der Waals surface area contributed by atoms with Crippen LogP contribution in [-0.4, -0.2) is 40.6 Å².